The van der Waals surface area contributed by atoms with Gasteiger partial charge in [-0.25, -0.2) is 0 Å². The fourth-order valence-corrected chi connectivity index (χ4v) is 3.94. The van der Waals surface area contributed by atoms with Gasteiger partial charge in [0.15, 0.2) is 11.5 Å². The smallest absolute Gasteiger partial charge is 0.271 e. The molecule has 6 nitrogen and oxygen atoms in total. The van der Waals surface area contributed by atoms with E-state index in [0.29, 0.717) is 11.5 Å². The molecular formula is C24H27N3O3. The van der Waals surface area contributed by atoms with E-state index >= 15 is 0 Å². The lowest BCUT2D eigenvalue weighted by atomic mass is 9.89. The summed E-state index contributed by atoms with van der Waals surface area (Å²) in [5, 5.41) is 9.51. The van der Waals surface area contributed by atoms with Gasteiger partial charge in [0.2, 0.25) is 0 Å². The Morgan fingerprint density at radius 3 is 2.70 bits per heavy atom. The zero-order valence-electron chi connectivity index (χ0n) is 17.6. The van der Waals surface area contributed by atoms with E-state index in [1.807, 2.05) is 30.4 Å². The molecule has 0 bridgehead atoms. The zero-order valence-corrected chi connectivity index (χ0v) is 17.6. The molecule has 1 N–H and O–H groups in total. The molecule has 1 amide bonds. The Kier molecular flexibility index (Phi) is 5.86. The molecule has 1 aromatic carbocycles. The number of hydrazone groups is 1. The van der Waals surface area contributed by atoms with Crippen molar-refractivity contribution in [1.29, 1.82) is 0 Å². The van der Waals surface area contributed by atoms with E-state index < -0.39 is 0 Å². The normalized spacial score (nSPS) is 21.5. The molecule has 0 saturated carbocycles. The van der Waals surface area contributed by atoms with E-state index in [2.05, 4.69) is 29.5 Å². The number of ether oxygens (including phenoxy) is 2. The van der Waals surface area contributed by atoms with Crippen molar-refractivity contribution in [2.45, 2.75) is 19.8 Å². The van der Waals surface area contributed by atoms with Crippen molar-refractivity contribution >= 4 is 17.2 Å². The van der Waals surface area contributed by atoms with Crippen molar-refractivity contribution in [1.82, 2.24) is 10.3 Å². The van der Waals surface area contributed by atoms with E-state index in [0.717, 1.165) is 48.5 Å². The quantitative estimate of drug-likeness (QED) is 0.830. The van der Waals surface area contributed by atoms with Crippen molar-refractivity contribution in [3.05, 3.63) is 65.4 Å². The van der Waals surface area contributed by atoms with Crippen molar-refractivity contribution in [2.75, 3.05) is 27.3 Å². The zero-order chi connectivity index (χ0) is 21.1. The Labute approximate surface area is 177 Å². The van der Waals surface area contributed by atoms with Gasteiger partial charge in [-0.1, -0.05) is 25.1 Å². The average molecular weight is 405 g/mol. The monoisotopic (exact) mass is 405 g/mol. The number of allylic oxidation sites excluding steroid dienone is 4. The minimum atomic E-state index is -0.144. The first-order valence-corrected chi connectivity index (χ1v) is 10.3. The van der Waals surface area contributed by atoms with Gasteiger partial charge in [-0.3, -0.25) is 4.79 Å². The summed E-state index contributed by atoms with van der Waals surface area (Å²) in [5.41, 5.74) is 4.77. The molecule has 156 valence electrons. The van der Waals surface area contributed by atoms with E-state index in [9.17, 15) is 4.79 Å². The standard InChI is InChI=1S/C24H27N3O3/c1-16-4-6-19-7-8-21(17-10-12-25-13-11-17)26-27(19)24(28)15-20(16)18-5-9-22(29-2)23(14-18)30-3/h5-10,14-16,25H,4,11-13H2,1-3H3. The largest absolute Gasteiger partial charge is 0.493 e. The highest BCUT2D eigenvalue weighted by molar-refractivity contribution is 6.10. The summed E-state index contributed by atoms with van der Waals surface area (Å²) in [6.07, 6.45) is 11.7. The van der Waals surface area contributed by atoms with Crippen molar-refractivity contribution in [2.24, 2.45) is 11.0 Å². The minimum Gasteiger partial charge on any atom is -0.493 e. The van der Waals surface area contributed by atoms with Gasteiger partial charge in [-0.15, -0.1) is 0 Å². The van der Waals surface area contributed by atoms with Gasteiger partial charge in [-0.05, 0) is 66.3 Å². The summed E-state index contributed by atoms with van der Waals surface area (Å²) in [5.74, 6) is 1.34. The van der Waals surface area contributed by atoms with Gasteiger partial charge < -0.3 is 14.8 Å². The molecule has 1 atom stereocenters. The first-order valence-electron chi connectivity index (χ1n) is 10.3. The second-order valence-corrected chi connectivity index (χ2v) is 7.59. The molecule has 0 fully saturated rings. The summed E-state index contributed by atoms with van der Waals surface area (Å²) >= 11 is 0. The topological polar surface area (TPSA) is 63.2 Å². The minimum absolute atomic E-state index is 0.144. The molecule has 0 aromatic heterocycles. The van der Waals surface area contributed by atoms with E-state index in [1.54, 1.807) is 20.3 Å². The van der Waals surface area contributed by atoms with Crippen LogP contribution >= 0.6 is 0 Å². The lowest BCUT2D eigenvalue weighted by Crippen LogP contribution is -2.30. The van der Waals surface area contributed by atoms with E-state index in [-0.39, 0.29) is 11.8 Å². The van der Waals surface area contributed by atoms with Crippen LogP contribution in [-0.4, -0.2) is 43.9 Å². The van der Waals surface area contributed by atoms with Gasteiger partial charge in [0.05, 0.1) is 25.6 Å². The Balaban J connectivity index is 1.69. The van der Waals surface area contributed by atoms with Crippen LogP contribution in [-0.2, 0) is 4.79 Å². The second-order valence-electron chi connectivity index (χ2n) is 7.59. The van der Waals surface area contributed by atoms with Gasteiger partial charge in [0.25, 0.3) is 5.91 Å². The average Bonchev–Trinajstić information content (AvgIpc) is 2.80. The molecule has 6 heteroatoms. The number of hydrogen-bond acceptors (Lipinski definition) is 5. The van der Waals surface area contributed by atoms with Crippen LogP contribution in [0.4, 0.5) is 0 Å². The molecule has 0 aliphatic carbocycles. The van der Waals surface area contributed by atoms with Crippen LogP contribution in [0.1, 0.15) is 25.3 Å². The summed E-state index contributed by atoms with van der Waals surface area (Å²) in [7, 11) is 3.23. The summed E-state index contributed by atoms with van der Waals surface area (Å²) < 4.78 is 10.8. The van der Waals surface area contributed by atoms with Crippen molar-refractivity contribution in [3.63, 3.8) is 0 Å². The number of benzene rings is 1. The molecule has 0 saturated heterocycles. The maximum Gasteiger partial charge on any atom is 0.271 e. The summed E-state index contributed by atoms with van der Waals surface area (Å²) in [6.45, 7) is 3.89. The van der Waals surface area contributed by atoms with Crippen LogP contribution in [0.25, 0.3) is 5.57 Å². The van der Waals surface area contributed by atoms with Crippen LogP contribution in [0, 0.1) is 5.92 Å². The molecule has 3 heterocycles. The first-order chi connectivity index (χ1) is 14.6. The number of nitrogens with one attached hydrogen (secondary N) is 1. The van der Waals surface area contributed by atoms with Crippen LogP contribution in [0.15, 0.2) is 65.0 Å². The fraction of sp³-hybridized carbons (Fsp3) is 0.333. The lowest BCUT2D eigenvalue weighted by Gasteiger charge is -2.27. The molecule has 1 aromatic rings. The Bertz CT molecular complexity index is 1000. The van der Waals surface area contributed by atoms with Crippen molar-refractivity contribution < 1.29 is 14.3 Å². The summed E-state index contributed by atoms with van der Waals surface area (Å²) in [4.78, 5) is 13.2. The predicted octanol–water partition coefficient (Wildman–Crippen LogP) is 3.69. The second kappa shape index (κ2) is 8.71. The number of rotatable bonds is 4. The first kappa shape index (κ1) is 20.2. The highest BCUT2D eigenvalue weighted by Gasteiger charge is 2.25. The number of amides is 1. The molecule has 0 radical (unpaired) electrons. The molecule has 3 aliphatic rings. The highest BCUT2D eigenvalue weighted by atomic mass is 16.5. The fourth-order valence-electron chi connectivity index (χ4n) is 3.94. The Morgan fingerprint density at radius 1 is 1.13 bits per heavy atom. The third kappa shape index (κ3) is 3.96. The number of methoxy groups -OCH3 is 2. The van der Waals surface area contributed by atoms with Crippen LogP contribution in [0.5, 0.6) is 11.5 Å². The molecule has 4 rings (SSSR count). The van der Waals surface area contributed by atoms with E-state index in [4.69, 9.17) is 9.47 Å². The highest BCUT2D eigenvalue weighted by Crippen LogP contribution is 2.35. The van der Waals surface area contributed by atoms with Crippen LogP contribution < -0.4 is 14.8 Å². The van der Waals surface area contributed by atoms with Gasteiger partial charge in [0.1, 0.15) is 0 Å². The molecule has 1 unspecified atom stereocenters. The van der Waals surface area contributed by atoms with Gasteiger partial charge in [0, 0.05) is 12.6 Å². The Hall–Kier alpha value is -3.12. The van der Waals surface area contributed by atoms with Crippen molar-refractivity contribution in [3.8, 4) is 11.5 Å². The molecule has 3 aliphatic heterocycles. The lowest BCUT2D eigenvalue weighted by molar-refractivity contribution is -0.124. The number of fused-ring (bicyclic) bond motifs is 1. The third-order valence-electron chi connectivity index (χ3n) is 5.67. The molecule has 0 spiro atoms. The van der Waals surface area contributed by atoms with Crippen LogP contribution in [0.2, 0.25) is 0 Å². The third-order valence-corrected chi connectivity index (χ3v) is 5.67. The predicted molar refractivity (Wildman–Crippen MR) is 118 cm³/mol. The number of nitrogens with zero attached hydrogens (tertiary/aromatic N) is 2. The number of carbonyl (C=O) groups excluding carboxylic acids is 1. The van der Waals surface area contributed by atoms with E-state index in [1.165, 1.54) is 10.6 Å². The number of hydrogen-bond donors (Lipinski definition) is 1. The maximum atomic E-state index is 13.2. The van der Waals surface area contributed by atoms with Gasteiger partial charge >= 0.3 is 0 Å². The SMILES string of the molecule is COc1ccc(C2=CC(=O)N3N=C(C4=CCNCC4)C=CC3=CCC2C)cc1OC. The summed E-state index contributed by atoms with van der Waals surface area (Å²) in [6, 6.07) is 5.76. The maximum absolute atomic E-state index is 13.2. The van der Waals surface area contributed by atoms with Gasteiger partial charge in [-0.2, -0.15) is 10.1 Å². The number of carbonyl (C=O) groups is 1. The molecular weight excluding hydrogens is 378 g/mol. The Morgan fingerprint density at radius 2 is 1.97 bits per heavy atom. The molecule has 30 heavy (non-hydrogen) atoms. The van der Waals surface area contributed by atoms with Crippen LogP contribution in [0.3, 0.4) is 0 Å².